The van der Waals surface area contributed by atoms with Gasteiger partial charge in [0.1, 0.15) is 0 Å². The van der Waals surface area contributed by atoms with Crippen molar-refractivity contribution in [1.82, 2.24) is 0 Å². The summed E-state index contributed by atoms with van der Waals surface area (Å²) in [6, 6.07) is 18.0. The van der Waals surface area contributed by atoms with Crippen molar-refractivity contribution in [3.8, 4) is 0 Å². The van der Waals surface area contributed by atoms with Crippen LogP contribution in [0.15, 0.2) is 48.5 Å². The molecule has 0 saturated carbocycles. The predicted octanol–water partition coefficient (Wildman–Crippen LogP) is 4.73. The van der Waals surface area contributed by atoms with E-state index in [1.165, 1.54) is 35.1 Å². The van der Waals surface area contributed by atoms with Crippen LogP contribution in [0, 0.1) is 6.92 Å². The maximum atomic E-state index is 2.28. The Kier molecular flexibility index (Phi) is 4.58. The zero-order valence-electron chi connectivity index (χ0n) is 11.4. The molecule has 0 aliphatic rings. The van der Waals surface area contributed by atoms with Crippen molar-refractivity contribution < 1.29 is 0 Å². The van der Waals surface area contributed by atoms with Crippen LogP contribution in [0.3, 0.4) is 0 Å². The first-order chi connectivity index (χ1) is 8.78. The van der Waals surface area contributed by atoms with Crippen LogP contribution in [0.4, 0.5) is 0 Å². The number of benzene rings is 2. The first-order valence-electron chi connectivity index (χ1n) is 6.91. The number of hydrogen-bond acceptors (Lipinski definition) is 0. The van der Waals surface area contributed by atoms with Gasteiger partial charge in [-0.1, -0.05) is 67.4 Å². The van der Waals surface area contributed by atoms with Gasteiger partial charge in [-0.3, -0.25) is 0 Å². The summed E-state index contributed by atoms with van der Waals surface area (Å²) < 4.78 is 0. The molecule has 0 bridgehead atoms. The summed E-state index contributed by atoms with van der Waals surface area (Å²) in [6.07, 6.45) is 4.68. The zero-order chi connectivity index (χ0) is 12.8. The maximum Gasteiger partial charge on any atom is -0.0238 e. The van der Waals surface area contributed by atoms with Crippen LogP contribution in [0.5, 0.6) is 0 Å². The lowest BCUT2D eigenvalue weighted by Crippen LogP contribution is -1.92. The Hall–Kier alpha value is -1.56. The van der Waals surface area contributed by atoms with Crippen LogP contribution in [0.2, 0.25) is 0 Å². The molecule has 0 atom stereocenters. The van der Waals surface area contributed by atoms with Crippen LogP contribution in [-0.4, -0.2) is 0 Å². The molecule has 18 heavy (non-hydrogen) atoms. The van der Waals surface area contributed by atoms with Crippen molar-refractivity contribution in [2.24, 2.45) is 0 Å². The molecule has 0 heterocycles. The van der Waals surface area contributed by atoms with E-state index in [-0.39, 0.29) is 0 Å². The van der Waals surface area contributed by atoms with E-state index < -0.39 is 0 Å². The zero-order valence-corrected chi connectivity index (χ0v) is 11.4. The van der Waals surface area contributed by atoms with Gasteiger partial charge >= 0.3 is 0 Å². The Morgan fingerprint density at radius 3 is 1.44 bits per heavy atom. The molecular formula is C18H22. The molecule has 2 rings (SSSR count). The molecular weight excluding hydrogens is 216 g/mol. The summed E-state index contributed by atoms with van der Waals surface area (Å²) in [5, 5.41) is 0. The normalized spacial score (nSPS) is 10.6. The van der Waals surface area contributed by atoms with Crippen molar-refractivity contribution in [2.45, 2.75) is 39.5 Å². The smallest absolute Gasteiger partial charge is 0.0238 e. The fourth-order valence-electron chi connectivity index (χ4n) is 2.20. The second-order valence-electron chi connectivity index (χ2n) is 5.05. The second kappa shape index (κ2) is 6.39. The van der Waals surface area contributed by atoms with Crippen molar-refractivity contribution in [3.05, 3.63) is 70.8 Å². The Bertz CT molecular complexity index is 462. The molecule has 0 saturated heterocycles. The SMILES string of the molecule is CCCc1ccc(CCc2ccc(C)cc2)cc1. The minimum absolute atomic E-state index is 1.13. The van der Waals surface area contributed by atoms with Gasteiger partial charge in [0.15, 0.2) is 0 Å². The highest BCUT2D eigenvalue weighted by Crippen LogP contribution is 2.11. The minimum atomic E-state index is 1.13. The summed E-state index contributed by atoms with van der Waals surface area (Å²) in [4.78, 5) is 0. The third-order valence-corrected chi connectivity index (χ3v) is 3.38. The standard InChI is InChI=1S/C18H22/c1-3-4-16-9-11-18(12-10-16)14-13-17-7-5-15(2)6-8-17/h5-12H,3-4,13-14H2,1-2H3. The molecule has 0 fully saturated rings. The molecule has 2 aromatic rings. The number of aryl methyl sites for hydroxylation is 4. The van der Waals surface area contributed by atoms with Crippen LogP contribution >= 0.6 is 0 Å². The largest absolute Gasteiger partial charge is 0.0651 e. The van der Waals surface area contributed by atoms with Gasteiger partial charge in [0, 0.05) is 0 Å². The molecule has 0 N–H and O–H groups in total. The van der Waals surface area contributed by atoms with E-state index in [4.69, 9.17) is 0 Å². The summed E-state index contributed by atoms with van der Waals surface area (Å²) in [5.41, 5.74) is 5.66. The molecule has 0 aliphatic carbocycles. The highest BCUT2D eigenvalue weighted by Gasteiger charge is 1.97. The molecule has 0 heteroatoms. The molecule has 0 aliphatic heterocycles. The van der Waals surface area contributed by atoms with Gasteiger partial charge in [-0.25, -0.2) is 0 Å². The van der Waals surface area contributed by atoms with Gasteiger partial charge < -0.3 is 0 Å². The van der Waals surface area contributed by atoms with Gasteiger partial charge in [0.2, 0.25) is 0 Å². The van der Waals surface area contributed by atoms with E-state index in [0.717, 1.165) is 12.8 Å². The third kappa shape index (κ3) is 3.73. The molecule has 2 aromatic carbocycles. The highest BCUT2D eigenvalue weighted by molar-refractivity contribution is 5.25. The average molecular weight is 238 g/mol. The van der Waals surface area contributed by atoms with E-state index in [9.17, 15) is 0 Å². The lowest BCUT2D eigenvalue weighted by atomic mass is 10.0. The Morgan fingerprint density at radius 2 is 1.00 bits per heavy atom. The van der Waals surface area contributed by atoms with Crippen LogP contribution in [-0.2, 0) is 19.3 Å². The van der Waals surface area contributed by atoms with Crippen molar-refractivity contribution in [1.29, 1.82) is 0 Å². The molecule has 0 radical (unpaired) electrons. The fraction of sp³-hybridized carbons (Fsp3) is 0.333. The quantitative estimate of drug-likeness (QED) is 0.706. The van der Waals surface area contributed by atoms with Gasteiger partial charge in [-0.05, 0) is 42.9 Å². The Balaban J connectivity index is 1.91. The summed E-state index contributed by atoms with van der Waals surface area (Å²) in [5.74, 6) is 0. The van der Waals surface area contributed by atoms with E-state index >= 15 is 0 Å². The molecule has 0 spiro atoms. The molecule has 0 nitrogen and oxygen atoms in total. The average Bonchev–Trinajstić information content (AvgIpc) is 2.40. The number of hydrogen-bond donors (Lipinski definition) is 0. The summed E-state index contributed by atoms with van der Waals surface area (Å²) >= 11 is 0. The van der Waals surface area contributed by atoms with E-state index in [1.54, 1.807) is 0 Å². The number of rotatable bonds is 5. The summed E-state index contributed by atoms with van der Waals surface area (Å²) in [6.45, 7) is 4.36. The molecule has 94 valence electrons. The Morgan fingerprint density at radius 1 is 0.611 bits per heavy atom. The Labute approximate surface area is 111 Å². The van der Waals surface area contributed by atoms with Gasteiger partial charge in [0.05, 0.1) is 0 Å². The first-order valence-corrected chi connectivity index (χ1v) is 6.91. The van der Waals surface area contributed by atoms with Crippen molar-refractivity contribution in [3.63, 3.8) is 0 Å². The lowest BCUT2D eigenvalue weighted by Gasteiger charge is -2.04. The molecule has 0 aromatic heterocycles. The second-order valence-corrected chi connectivity index (χ2v) is 5.05. The van der Waals surface area contributed by atoms with Crippen LogP contribution in [0.25, 0.3) is 0 Å². The van der Waals surface area contributed by atoms with Gasteiger partial charge in [-0.2, -0.15) is 0 Å². The first kappa shape index (κ1) is 12.9. The van der Waals surface area contributed by atoms with Crippen LogP contribution in [0.1, 0.15) is 35.6 Å². The van der Waals surface area contributed by atoms with E-state index in [1.807, 2.05) is 0 Å². The van der Waals surface area contributed by atoms with E-state index in [2.05, 4.69) is 62.4 Å². The van der Waals surface area contributed by atoms with E-state index in [0.29, 0.717) is 0 Å². The maximum absolute atomic E-state index is 2.28. The highest BCUT2D eigenvalue weighted by atomic mass is 14.0. The topological polar surface area (TPSA) is 0 Å². The minimum Gasteiger partial charge on any atom is -0.0651 e. The van der Waals surface area contributed by atoms with Crippen molar-refractivity contribution >= 4 is 0 Å². The predicted molar refractivity (Wildman–Crippen MR) is 79.0 cm³/mol. The molecule has 0 amide bonds. The van der Waals surface area contributed by atoms with Crippen molar-refractivity contribution in [2.75, 3.05) is 0 Å². The van der Waals surface area contributed by atoms with Crippen LogP contribution < -0.4 is 0 Å². The molecule has 0 unspecified atom stereocenters. The monoisotopic (exact) mass is 238 g/mol. The summed E-state index contributed by atoms with van der Waals surface area (Å²) in [7, 11) is 0. The van der Waals surface area contributed by atoms with Gasteiger partial charge in [0.25, 0.3) is 0 Å². The van der Waals surface area contributed by atoms with Gasteiger partial charge in [-0.15, -0.1) is 0 Å². The third-order valence-electron chi connectivity index (χ3n) is 3.38. The lowest BCUT2D eigenvalue weighted by molar-refractivity contribution is 0.914. The fourth-order valence-corrected chi connectivity index (χ4v) is 2.20.